The number of pyridine rings is 1. The van der Waals surface area contributed by atoms with Crippen molar-refractivity contribution >= 4 is 11.3 Å². The second kappa shape index (κ2) is 7.96. The second-order valence-corrected chi connectivity index (χ2v) is 7.98. The first-order chi connectivity index (χ1) is 12.3. The summed E-state index contributed by atoms with van der Waals surface area (Å²) in [5.41, 5.74) is 3.49. The second-order valence-electron chi connectivity index (χ2n) is 7.20. The van der Waals surface area contributed by atoms with Gasteiger partial charge < -0.3 is 9.47 Å². The first-order valence-electron chi connectivity index (χ1n) is 9.15. The highest BCUT2D eigenvalue weighted by Gasteiger charge is 2.40. The summed E-state index contributed by atoms with van der Waals surface area (Å²) >= 11 is 1.78. The molecule has 3 atom stereocenters. The molecular weight excluding hydrogens is 332 g/mol. The number of hydrogen-bond donors (Lipinski definition) is 0. The van der Waals surface area contributed by atoms with E-state index in [1.54, 1.807) is 11.3 Å². The van der Waals surface area contributed by atoms with Gasteiger partial charge in [-0.15, -0.1) is 0 Å². The highest BCUT2D eigenvalue weighted by atomic mass is 32.1. The van der Waals surface area contributed by atoms with Crippen LogP contribution in [0.3, 0.4) is 0 Å². The van der Waals surface area contributed by atoms with Gasteiger partial charge in [-0.05, 0) is 60.2 Å². The molecule has 0 spiro atoms. The quantitative estimate of drug-likeness (QED) is 0.789. The molecule has 4 rings (SSSR count). The van der Waals surface area contributed by atoms with E-state index in [0.717, 1.165) is 44.1 Å². The van der Waals surface area contributed by atoms with E-state index in [-0.39, 0.29) is 0 Å². The van der Waals surface area contributed by atoms with Gasteiger partial charge in [-0.25, -0.2) is 0 Å². The van der Waals surface area contributed by atoms with Crippen LogP contribution in [0.25, 0.3) is 0 Å². The molecule has 5 heteroatoms. The molecule has 1 saturated carbocycles. The average Bonchev–Trinajstić information content (AvgIpc) is 3.25. The number of thiophene rings is 1. The number of hydrogen-bond acceptors (Lipinski definition) is 5. The number of rotatable bonds is 6. The summed E-state index contributed by atoms with van der Waals surface area (Å²) in [7, 11) is 0. The zero-order chi connectivity index (χ0) is 17.1. The summed E-state index contributed by atoms with van der Waals surface area (Å²) in [5, 5.41) is 4.42. The van der Waals surface area contributed by atoms with Crippen LogP contribution in [0.1, 0.15) is 29.8 Å². The van der Waals surface area contributed by atoms with Crippen LogP contribution in [0.2, 0.25) is 0 Å². The Labute approximate surface area is 153 Å². The monoisotopic (exact) mass is 358 g/mol. The smallest absolute Gasteiger partial charge is 0.0888 e. The first-order valence-corrected chi connectivity index (χ1v) is 10.1. The van der Waals surface area contributed by atoms with Crippen molar-refractivity contribution in [2.24, 2.45) is 5.92 Å². The Morgan fingerprint density at radius 3 is 3.12 bits per heavy atom. The largest absolute Gasteiger partial charge is 0.375 e. The van der Waals surface area contributed by atoms with E-state index in [1.807, 2.05) is 25.1 Å². The maximum Gasteiger partial charge on any atom is 0.0888 e. The third-order valence-electron chi connectivity index (χ3n) is 5.26. The lowest BCUT2D eigenvalue weighted by Crippen LogP contribution is -2.47. The molecule has 134 valence electrons. The van der Waals surface area contributed by atoms with E-state index in [9.17, 15) is 0 Å². The lowest BCUT2D eigenvalue weighted by molar-refractivity contribution is -0.0591. The summed E-state index contributed by atoms with van der Waals surface area (Å²) < 4.78 is 12.0. The van der Waals surface area contributed by atoms with Gasteiger partial charge in [0.2, 0.25) is 0 Å². The Bertz CT molecular complexity index is 676. The van der Waals surface area contributed by atoms with Gasteiger partial charge in [0.15, 0.2) is 0 Å². The maximum atomic E-state index is 6.05. The van der Waals surface area contributed by atoms with Gasteiger partial charge in [-0.3, -0.25) is 9.88 Å². The Morgan fingerprint density at radius 2 is 2.28 bits per heavy atom. The summed E-state index contributed by atoms with van der Waals surface area (Å²) in [6.07, 6.45) is 2.67. The Balaban J connectivity index is 1.29. The minimum Gasteiger partial charge on any atom is -0.375 e. The van der Waals surface area contributed by atoms with Crippen molar-refractivity contribution in [1.82, 2.24) is 9.88 Å². The van der Waals surface area contributed by atoms with Crippen LogP contribution in [0, 0.1) is 12.8 Å². The molecule has 0 unspecified atom stereocenters. The predicted octanol–water partition coefficient (Wildman–Crippen LogP) is 3.65. The van der Waals surface area contributed by atoms with E-state index >= 15 is 0 Å². The van der Waals surface area contributed by atoms with Crippen LogP contribution in [-0.2, 0) is 22.6 Å². The molecular formula is C20H26N2O2S. The lowest BCUT2D eigenvalue weighted by Gasteiger charge is -2.37. The molecule has 1 aliphatic carbocycles. The van der Waals surface area contributed by atoms with Gasteiger partial charge in [-0.1, -0.05) is 6.07 Å². The van der Waals surface area contributed by atoms with Crippen LogP contribution in [0.4, 0.5) is 0 Å². The third kappa shape index (κ3) is 4.29. The summed E-state index contributed by atoms with van der Waals surface area (Å²) in [6, 6.07) is 8.87. The summed E-state index contributed by atoms with van der Waals surface area (Å²) in [6.45, 7) is 6.37. The van der Waals surface area contributed by atoms with Crippen LogP contribution in [-0.4, -0.2) is 41.8 Å². The molecule has 25 heavy (non-hydrogen) atoms. The first kappa shape index (κ1) is 17.2. The van der Waals surface area contributed by atoms with Crippen molar-refractivity contribution in [2.75, 3.05) is 19.8 Å². The minimum atomic E-state index is 0.373. The SMILES string of the molecule is Cc1cccc(COC[C@@H]2C[C@H]3OCCN(Cc4ccsc4)[C@H]3C2)n1. The van der Waals surface area contributed by atoms with E-state index in [0.29, 0.717) is 24.7 Å². The Kier molecular flexibility index (Phi) is 5.46. The fourth-order valence-corrected chi connectivity index (χ4v) is 4.75. The molecule has 1 saturated heterocycles. The van der Waals surface area contributed by atoms with Gasteiger partial charge in [0.25, 0.3) is 0 Å². The van der Waals surface area contributed by atoms with Crippen LogP contribution >= 0.6 is 11.3 Å². The van der Waals surface area contributed by atoms with Crippen molar-refractivity contribution in [2.45, 2.75) is 45.1 Å². The molecule has 0 N–H and O–H groups in total. The van der Waals surface area contributed by atoms with Gasteiger partial charge in [-0.2, -0.15) is 11.3 Å². The molecule has 4 nitrogen and oxygen atoms in total. The molecule has 2 aromatic rings. The fourth-order valence-electron chi connectivity index (χ4n) is 4.09. The predicted molar refractivity (Wildman–Crippen MR) is 99.6 cm³/mol. The standard InChI is InChI=1S/C20H26N2O2S/c1-15-3-2-4-18(21-15)13-23-12-17-9-19-20(10-17)24-7-6-22(19)11-16-5-8-25-14-16/h2-5,8,14,17,19-20H,6-7,9-13H2,1H3/t17-,19-,20+/m0/s1. The molecule has 0 amide bonds. The summed E-state index contributed by atoms with van der Waals surface area (Å²) in [4.78, 5) is 7.12. The zero-order valence-electron chi connectivity index (χ0n) is 14.8. The minimum absolute atomic E-state index is 0.373. The van der Waals surface area contributed by atoms with Gasteiger partial charge in [0.1, 0.15) is 0 Å². The highest BCUT2D eigenvalue weighted by molar-refractivity contribution is 7.07. The van der Waals surface area contributed by atoms with Gasteiger partial charge in [0, 0.05) is 24.8 Å². The van der Waals surface area contributed by atoms with E-state index in [2.05, 4.69) is 26.7 Å². The van der Waals surface area contributed by atoms with E-state index < -0.39 is 0 Å². The van der Waals surface area contributed by atoms with Crippen LogP contribution in [0.15, 0.2) is 35.0 Å². The molecule has 2 aliphatic rings. The number of ether oxygens (including phenoxy) is 2. The van der Waals surface area contributed by atoms with E-state index in [4.69, 9.17) is 9.47 Å². The van der Waals surface area contributed by atoms with E-state index in [1.165, 1.54) is 12.0 Å². The van der Waals surface area contributed by atoms with Crippen molar-refractivity contribution in [3.05, 3.63) is 52.0 Å². The zero-order valence-corrected chi connectivity index (χ0v) is 15.6. The Hall–Kier alpha value is -1.27. The van der Waals surface area contributed by atoms with Crippen LogP contribution < -0.4 is 0 Å². The maximum absolute atomic E-state index is 6.05. The van der Waals surface area contributed by atoms with Crippen molar-refractivity contribution < 1.29 is 9.47 Å². The van der Waals surface area contributed by atoms with Crippen molar-refractivity contribution in [3.63, 3.8) is 0 Å². The molecule has 0 aromatic carbocycles. The fraction of sp³-hybridized carbons (Fsp3) is 0.550. The highest BCUT2D eigenvalue weighted by Crippen LogP contribution is 2.35. The average molecular weight is 359 g/mol. The molecule has 0 bridgehead atoms. The normalized spacial score (nSPS) is 26.7. The summed E-state index contributed by atoms with van der Waals surface area (Å²) in [5.74, 6) is 0.586. The molecule has 0 radical (unpaired) electrons. The number of aryl methyl sites for hydroxylation is 1. The number of aromatic nitrogens is 1. The molecule has 3 heterocycles. The van der Waals surface area contributed by atoms with Gasteiger partial charge in [0.05, 0.1) is 31.6 Å². The number of morpholine rings is 1. The molecule has 2 fully saturated rings. The topological polar surface area (TPSA) is 34.6 Å². The number of nitrogens with zero attached hydrogens (tertiary/aromatic N) is 2. The Morgan fingerprint density at radius 1 is 1.32 bits per heavy atom. The molecule has 1 aliphatic heterocycles. The van der Waals surface area contributed by atoms with Crippen molar-refractivity contribution in [3.8, 4) is 0 Å². The molecule has 2 aromatic heterocycles. The van der Waals surface area contributed by atoms with Crippen molar-refractivity contribution in [1.29, 1.82) is 0 Å². The lowest BCUT2D eigenvalue weighted by atomic mass is 10.1. The number of fused-ring (bicyclic) bond motifs is 1. The van der Waals surface area contributed by atoms with Gasteiger partial charge >= 0.3 is 0 Å². The van der Waals surface area contributed by atoms with Crippen LogP contribution in [0.5, 0.6) is 0 Å². The third-order valence-corrected chi connectivity index (χ3v) is 6.00.